The number of carbonyl (C=O) groups is 1. The third kappa shape index (κ3) is 4.14. The molecule has 0 saturated heterocycles. The van der Waals surface area contributed by atoms with Crippen molar-refractivity contribution in [1.82, 2.24) is 19.7 Å². The van der Waals surface area contributed by atoms with E-state index in [2.05, 4.69) is 25.1 Å². The van der Waals surface area contributed by atoms with Crippen molar-refractivity contribution < 1.29 is 4.79 Å². The Morgan fingerprint density at radius 2 is 1.89 bits per heavy atom. The standard InChI is InChI=1S/C19H18ClN5OS/c1-12(18(26)22-15-4-2-14(20)3-5-15)27-19-24-23-17(25(19)16-6-7-16)13-8-10-21-11-9-13/h2-5,8-12,16H,6-7H2,1H3,(H,22,26)/t12-/m0/s1. The van der Waals surface area contributed by atoms with Crippen LogP contribution in [-0.4, -0.2) is 30.9 Å². The highest BCUT2D eigenvalue weighted by molar-refractivity contribution is 8.00. The summed E-state index contributed by atoms with van der Waals surface area (Å²) in [6, 6.07) is 11.3. The van der Waals surface area contributed by atoms with Crippen LogP contribution in [0.1, 0.15) is 25.8 Å². The fraction of sp³-hybridized carbons (Fsp3) is 0.263. The molecule has 4 rings (SSSR count). The first-order chi connectivity index (χ1) is 13.1. The number of rotatable bonds is 6. The van der Waals surface area contributed by atoms with Gasteiger partial charge >= 0.3 is 0 Å². The summed E-state index contributed by atoms with van der Waals surface area (Å²) in [6.45, 7) is 1.87. The number of thioether (sulfide) groups is 1. The Labute approximate surface area is 166 Å². The number of benzene rings is 1. The minimum atomic E-state index is -0.312. The molecule has 0 bridgehead atoms. The largest absolute Gasteiger partial charge is 0.325 e. The van der Waals surface area contributed by atoms with Crippen LogP contribution in [0.3, 0.4) is 0 Å². The van der Waals surface area contributed by atoms with E-state index in [0.29, 0.717) is 11.1 Å². The van der Waals surface area contributed by atoms with Crippen LogP contribution < -0.4 is 5.32 Å². The van der Waals surface area contributed by atoms with Crippen molar-refractivity contribution in [2.24, 2.45) is 0 Å². The number of nitrogens with zero attached hydrogens (tertiary/aromatic N) is 4. The lowest BCUT2D eigenvalue weighted by atomic mass is 10.2. The molecule has 0 radical (unpaired) electrons. The molecular weight excluding hydrogens is 382 g/mol. The normalized spacial score (nSPS) is 14.7. The van der Waals surface area contributed by atoms with Gasteiger partial charge in [-0.15, -0.1) is 10.2 Å². The number of anilines is 1. The number of pyridine rings is 1. The van der Waals surface area contributed by atoms with Crippen molar-refractivity contribution in [3.63, 3.8) is 0 Å². The van der Waals surface area contributed by atoms with E-state index in [1.807, 2.05) is 19.1 Å². The van der Waals surface area contributed by atoms with Crippen LogP contribution in [0, 0.1) is 0 Å². The van der Waals surface area contributed by atoms with Gasteiger partial charge in [-0.05, 0) is 56.2 Å². The van der Waals surface area contributed by atoms with E-state index in [1.165, 1.54) is 11.8 Å². The third-order valence-electron chi connectivity index (χ3n) is 4.28. The maximum absolute atomic E-state index is 12.5. The average molecular weight is 400 g/mol. The van der Waals surface area contributed by atoms with Gasteiger partial charge in [0.05, 0.1) is 5.25 Å². The maximum atomic E-state index is 12.5. The lowest BCUT2D eigenvalue weighted by Gasteiger charge is -2.13. The first kappa shape index (κ1) is 18.0. The van der Waals surface area contributed by atoms with Gasteiger partial charge in [0.2, 0.25) is 5.91 Å². The van der Waals surface area contributed by atoms with Crippen LogP contribution in [0.5, 0.6) is 0 Å². The molecular formula is C19H18ClN5OS. The summed E-state index contributed by atoms with van der Waals surface area (Å²) >= 11 is 7.31. The third-order valence-corrected chi connectivity index (χ3v) is 5.59. The molecule has 1 atom stereocenters. The van der Waals surface area contributed by atoms with Crippen molar-refractivity contribution in [2.75, 3.05) is 5.32 Å². The summed E-state index contributed by atoms with van der Waals surface area (Å²) in [5.74, 6) is 0.742. The molecule has 138 valence electrons. The Balaban J connectivity index is 1.51. The smallest absolute Gasteiger partial charge is 0.237 e. The molecule has 2 aromatic heterocycles. The zero-order valence-electron chi connectivity index (χ0n) is 14.7. The second-order valence-electron chi connectivity index (χ2n) is 6.40. The number of nitrogens with one attached hydrogen (secondary N) is 1. The second-order valence-corrected chi connectivity index (χ2v) is 8.14. The molecule has 1 aliphatic rings. The summed E-state index contributed by atoms with van der Waals surface area (Å²) in [7, 11) is 0. The van der Waals surface area contributed by atoms with Crippen molar-refractivity contribution in [3.8, 4) is 11.4 Å². The van der Waals surface area contributed by atoms with Crippen LogP contribution in [0.2, 0.25) is 5.02 Å². The summed E-state index contributed by atoms with van der Waals surface area (Å²) in [5, 5.41) is 12.7. The molecule has 0 aliphatic heterocycles. The quantitative estimate of drug-likeness (QED) is 0.620. The topological polar surface area (TPSA) is 72.7 Å². The van der Waals surface area contributed by atoms with Gasteiger partial charge < -0.3 is 5.32 Å². The van der Waals surface area contributed by atoms with Crippen LogP contribution in [0.15, 0.2) is 53.9 Å². The first-order valence-corrected chi connectivity index (χ1v) is 9.96. The first-order valence-electron chi connectivity index (χ1n) is 8.70. The van der Waals surface area contributed by atoms with Crippen molar-refractivity contribution in [2.45, 2.75) is 36.2 Å². The Morgan fingerprint density at radius 3 is 2.56 bits per heavy atom. The average Bonchev–Trinajstić information content (AvgIpc) is 3.44. The van der Waals surface area contributed by atoms with E-state index in [9.17, 15) is 4.79 Å². The van der Waals surface area contributed by atoms with E-state index in [-0.39, 0.29) is 11.2 Å². The molecule has 1 aromatic carbocycles. The fourth-order valence-corrected chi connectivity index (χ4v) is 3.75. The predicted molar refractivity (Wildman–Crippen MR) is 107 cm³/mol. The van der Waals surface area contributed by atoms with Gasteiger partial charge in [-0.2, -0.15) is 0 Å². The van der Waals surface area contributed by atoms with Gasteiger partial charge in [-0.25, -0.2) is 0 Å². The van der Waals surface area contributed by atoms with E-state index in [1.54, 1.807) is 36.7 Å². The molecule has 1 N–H and O–H groups in total. The number of amides is 1. The summed E-state index contributed by atoms with van der Waals surface area (Å²) < 4.78 is 2.14. The molecule has 0 unspecified atom stereocenters. The van der Waals surface area contributed by atoms with E-state index in [0.717, 1.165) is 35.1 Å². The molecule has 8 heteroatoms. The van der Waals surface area contributed by atoms with Crippen LogP contribution in [0.25, 0.3) is 11.4 Å². The highest BCUT2D eigenvalue weighted by Crippen LogP contribution is 2.41. The lowest BCUT2D eigenvalue weighted by Crippen LogP contribution is -2.22. The molecule has 1 amide bonds. The van der Waals surface area contributed by atoms with Crippen LogP contribution in [0.4, 0.5) is 5.69 Å². The molecule has 2 heterocycles. The Hall–Kier alpha value is -2.38. The number of hydrogen-bond acceptors (Lipinski definition) is 5. The van der Waals surface area contributed by atoms with Gasteiger partial charge in [0.1, 0.15) is 0 Å². The minimum Gasteiger partial charge on any atom is -0.325 e. The van der Waals surface area contributed by atoms with Crippen LogP contribution >= 0.6 is 23.4 Å². The zero-order valence-corrected chi connectivity index (χ0v) is 16.2. The Morgan fingerprint density at radius 1 is 1.19 bits per heavy atom. The minimum absolute atomic E-state index is 0.0851. The number of halogens is 1. The maximum Gasteiger partial charge on any atom is 0.237 e. The molecule has 1 aliphatic carbocycles. The lowest BCUT2D eigenvalue weighted by molar-refractivity contribution is -0.115. The van der Waals surface area contributed by atoms with E-state index in [4.69, 9.17) is 11.6 Å². The van der Waals surface area contributed by atoms with Crippen LogP contribution in [-0.2, 0) is 4.79 Å². The van der Waals surface area contributed by atoms with E-state index >= 15 is 0 Å². The van der Waals surface area contributed by atoms with Gasteiger partial charge in [0.15, 0.2) is 11.0 Å². The summed E-state index contributed by atoms with van der Waals surface area (Å²) in [5.41, 5.74) is 1.70. The molecule has 27 heavy (non-hydrogen) atoms. The van der Waals surface area contributed by atoms with Gasteiger partial charge in [-0.1, -0.05) is 23.4 Å². The van der Waals surface area contributed by atoms with E-state index < -0.39 is 0 Å². The SMILES string of the molecule is C[C@H](Sc1nnc(-c2ccncc2)n1C1CC1)C(=O)Nc1ccc(Cl)cc1. The number of hydrogen-bond donors (Lipinski definition) is 1. The monoisotopic (exact) mass is 399 g/mol. The molecule has 1 fully saturated rings. The molecule has 0 spiro atoms. The highest BCUT2D eigenvalue weighted by atomic mass is 35.5. The molecule has 6 nitrogen and oxygen atoms in total. The van der Waals surface area contributed by atoms with Gasteiger partial charge in [0.25, 0.3) is 0 Å². The van der Waals surface area contributed by atoms with Gasteiger partial charge in [-0.3, -0.25) is 14.3 Å². The summed E-state index contributed by atoms with van der Waals surface area (Å²) in [4.78, 5) is 16.6. The van der Waals surface area contributed by atoms with Crippen molar-refractivity contribution >= 4 is 35.0 Å². The van der Waals surface area contributed by atoms with Crippen molar-refractivity contribution in [3.05, 3.63) is 53.8 Å². The molecule has 1 saturated carbocycles. The zero-order chi connectivity index (χ0) is 18.8. The van der Waals surface area contributed by atoms with Gasteiger partial charge in [0, 0.05) is 34.7 Å². The highest BCUT2D eigenvalue weighted by Gasteiger charge is 2.31. The fourth-order valence-electron chi connectivity index (χ4n) is 2.71. The Bertz CT molecular complexity index is 940. The predicted octanol–water partition coefficient (Wildman–Crippen LogP) is 4.45. The van der Waals surface area contributed by atoms with Crippen molar-refractivity contribution in [1.29, 1.82) is 0 Å². The number of aromatic nitrogens is 4. The summed E-state index contributed by atoms with van der Waals surface area (Å²) in [6.07, 6.45) is 5.70. The second kappa shape index (κ2) is 7.70. The number of carbonyl (C=O) groups excluding carboxylic acids is 1. The molecule has 3 aromatic rings. The Kier molecular flexibility index (Phi) is 5.13.